The zero-order chi connectivity index (χ0) is 13.4. The van der Waals surface area contributed by atoms with E-state index in [4.69, 9.17) is 5.73 Å². The van der Waals surface area contributed by atoms with Crippen molar-refractivity contribution in [3.05, 3.63) is 20.8 Å². The Hall–Kier alpha value is -1.02. The summed E-state index contributed by atoms with van der Waals surface area (Å²) in [5.41, 5.74) is 6.01. The Labute approximate surface area is 126 Å². The van der Waals surface area contributed by atoms with Crippen LogP contribution in [0.1, 0.15) is 29.5 Å². The molecule has 6 nitrogen and oxygen atoms in total. The molecule has 0 unspecified atom stereocenters. The third-order valence-corrected chi connectivity index (χ3v) is 6.04. The van der Waals surface area contributed by atoms with E-state index in [0.29, 0.717) is 11.7 Å². The topological polar surface area (TPSA) is 75.6 Å². The lowest BCUT2D eigenvalue weighted by Crippen LogP contribution is -2.63. The predicted molar refractivity (Wildman–Crippen MR) is 76.6 cm³/mol. The first-order chi connectivity index (χ1) is 9.04. The highest BCUT2D eigenvalue weighted by Crippen LogP contribution is 2.47. The fourth-order valence-corrected chi connectivity index (χ4v) is 4.27. The maximum absolute atomic E-state index is 12.6. The second kappa shape index (κ2) is 3.54. The summed E-state index contributed by atoms with van der Waals surface area (Å²) in [7, 11) is 0. The van der Waals surface area contributed by atoms with Gasteiger partial charge in [-0.2, -0.15) is 0 Å². The van der Waals surface area contributed by atoms with Crippen molar-refractivity contribution in [3.63, 3.8) is 0 Å². The number of nitrogens with two attached hydrogens (primary N) is 1. The second-order valence-corrected chi connectivity index (χ2v) is 6.64. The van der Waals surface area contributed by atoms with Crippen LogP contribution in [0.15, 0.2) is 20.1 Å². The lowest BCUT2D eigenvalue weighted by Gasteiger charge is -2.43. The molecule has 3 aliphatic heterocycles. The van der Waals surface area contributed by atoms with E-state index >= 15 is 0 Å². The molecule has 8 heteroatoms. The minimum Gasteiger partial charge on any atom is -0.370 e. The summed E-state index contributed by atoms with van der Waals surface area (Å²) in [5, 5.41) is 3.21. The molecule has 4 rings (SSSR count). The Morgan fingerprint density at radius 1 is 1.53 bits per heavy atom. The number of nitrogens with zero attached hydrogens (tertiary/aromatic N) is 3. The van der Waals surface area contributed by atoms with Crippen molar-refractivity contribution in [2.45, 2.75) is 24.7 Å². The lowest BCUT2D eigenvalue weighted by molar-refractivity contribution is 0.0323. The van der Waals surface area contributed by atoms with Gasteiger partial charge in [0.05, 0.1) is 4.47 Å². The normalized spacial score (nSPS) is 31.7. The van der Waals surface area contributed by atoms with Crippen LogP contribution in [-0.2, 0) is 0 Å². The molecule has 1 aromatic heterocycles. The molecule has 19 heavy (non-hydrogen) atoms. The molecule has 0 saturated carbocycles. The predicted octanol–water partition coefficient (Wildman–Crippen LogP) is 1.38. The minimum absolute atomic E-state index is 0.0255. The fraction of sp³-hybridized carbons (Fsp3) is 0.455. The van der Waals surface area contributed by atoms with E-state index in [1.165, 1.54) is 0 Å². The number of rotatable bonds is 0. The number of aliphatic imine (C=N–C) groups is 1. The van der Waals surface area contributed by atoms with Gasteiger partial charge in [0.1, 0.15) is 10.3 Å². The van der Waals surface area contributed by atoms with Crippen molar-refractivity contribution in [3.8, 4) is 0 Å². The van der Waals surface area contributed by atoms with E-state index in [9.17, 15) is 4.79 Å². The van der Waals surface area contributed by atoms with Gasteiger partial charge in [0.25, 0.3) is 5.91 Å². The van der Waals surface area contributed by atoms with E-state index in [1.807, 2.05) is 15.5 Å². The van der Waals surface area contributed by atoms with E-state index in [2.05, 4.69) is 42.2 Å². The van der Waals surface area contributed by atoms with Crippen molar-refractivity contribution >= 4 is 43.7 Å². The molecule has 0 radical (unpaired) electrons. The number of hydrogen-bond donors (Lipinski definition) is 2. The quantitative estimate of drug-likeness (QED) is 0.704. The van der Waals surface area contributed by atoms with Crippen LogP contribution in [0.2, 0.25) is 0 Å². The van der Waals surface area contributed by atoms with Crippen LogP contribution >= 0.6 is 31.9 Å². The number of amides is 1. The average Bonchev–Trinajstić information content (AvgIpc) is 2.99. The number of carbonyl (C=O) groups is 1. The van der Waals surface area contributed by atoms with Gasteiger partial charge in [-0.25, -0.2) is 4.99 Å². The number of hydrogen-bond acceptors (Lipinski definition) is 4. The largest absolute Gasteiger partial charge is 0.370 e. The van der Waals surface area contributed by atoms with Crippen LogP contribution in [0.25, 0.3) is 0 Å². The van der Waals surface area contributed by atoms with Crippen LogP contribution in [0.5, 0.6) is 0 Å². The lowest BCUT2D eigenvalue weighted by atomic mass is 10.0. The molecule has 1 aromatic rings. The van der Waals surface area contributed by atoms with Gasteiger partial charge in [-0.3, -0.25) is 4.79 Å². The van der Waals surface area contributed by atoms with Gasteiger partial charge in [-0.15, -0.1) is 0 Å². The zero-order valence-electron chi connectivity index (χ0n) is 9.86. The number of guanidine groups is 1. The third kappa shape index (κ3) is 1.26. The monoisotopic (exact) mass is 387 g/mol. The van der Waals surface area contributed by atoms with Gasteiger partial charge in [-0.1, -0.05) is 0 Å². The molecule has 1 saturated heterocycles. The number of halogens is 2. The molecular weight excluding hydrogens is 378 g/mol. The summed E-state index contributed by atoms with van der Waals surface area (Å²) in [4.78, 5) is 19.0. The molecule has 0 aromatic carbocycles. The standard InChI is InChI=1S/C11H11Br2N5O/c12-5-4-6-8(19)17-3-1-2-11(17)9(15-10(14)16-11)18(6)7(5)13/h4,9H,1-3H2,(H3,14,15,16)/t9-,11-/m0/s1. The molecule has 1 amide bonds. The zero-order valence-corrected chi connectivity index (χ0v) is 13.0. The summed E-state index contributed by atoms with van der Waals surface area (Å²) >= 11 is 6.98. The first-order valence-corrected chi connectivity index (χ1v) is 7.63. The van der Waals surface area contributed by atoms with Crippen molar-refractivity contribution in [1.29, 1.82) is 0 Å². The first kappa shape index (κ1) is 11.8. The number of nitrogens with one attached hydrogen (secondary N) is 1. The Balaban J connectivity index is 2.01. The summed E-state index contributed by atoms with van der Waals surface area (Å²) in [6, 6.07) is 1.83. The van der Waals surface area contributed by atoms with Crippen LogP contribution < -0.4 is 11.1 Å². The highest BCUT2D eigenvalue weighted by molar-refractivity contribution is 9.13. The van der Waals surface area contributed by atoms with Gasteiger partial charge in [-0.05, 0) is 50.8 Å². The van der Waals surface area contributed by atoms with Crippen molar-refractivity contribution in [2.75, 3.05) is 6.54 Å². The number of carbonyl (C=O) groups excluding carboxylic acids is 1. The molecule has 4 heterocycles. The van der Waals surface area contributed by atoms with E-state index in [1.54, 1.807) is 0 Å². The average molecular weight is 389 g/mol. The van der Waals surface area contributed by atoms with Crippen LogP contribution in [0, 0.1) is 0 Å². The Morgan fingerprint density at radius 2 is 2.32 bits per heavy atom. The smallest absolute Gasteiger partial charge is 0.272 e. The van der Waals surface area contributed by atoms with Crippen molar-refractivity contribution in [1.82, 2.24) is 14.8 Å². The summed E-state index contributed by atoms with van der Waals surface area (Å²) in [6.45, 7) is 0.742. The maximum Gasteiger partial charge on any atom is 0.272 e. The second-order valence-electron chi connectivity index (χ2n) is 5.04. The maximum atomic E-state index is 12.6. The third-order valence-electron chi connectivity index (χ3n) is 4.09. The molecule has 100 valence electrons. The van der Waals surface area contributed by atoms with E-state index in [-0.39, 0.29) is 12.1 Å². The number of aromatic nitrogens is 1. The van der Waals surface area contributed by atoms with E-state index in [0.717, 1.165) is 28.5 Å². The first-order valence-electron chi connectivity index (χ1n) is 6.04. The van der Waals surface area contributed by atoms with Gasteiger partial charge in [0.2, 0.25) is 0 Å². The fourth-order valence-electron chi connectivity index (χ4n) is 3.36. The van der Waals surface area contributed by atoms with E-state index < -0.39 is 5.66 Å². The molecular formula is C11H11Br2N5O. The Morgan fingerprint density at radius 3 is 3.11 bits per heavy atom. The van der Waals surface area contributed by atoms with Gasteiger partial charge < -0.3 is 20.5 Å². The van der Waals surface area contributed by atoms with Gasteiger partial charge >= 0.3 is 0 Å². The summed E-state index contributed by atoms with van der Waals surface area (Å²) in [6.07, 6.45) is 1.61. The molecule has 1 fully saturated rings. The Bertz CT molecular complexity index is 639. The van der Waals surface area contributed by atoms with Crippen LogP contribution in [0.3, 0.4) is 0 Å². The van der Waals surface area contributed by atoms with Crippen LogP contribution in [-0.4, -0.2) is 33.5 Å². The summed E-state index contributed by atoms with van der Waals surface area (Å²) < 4.78 is 3.60. The molecule has 3 aliphatic rings. The minimum atomic E-state index is -0.491. The number of fused-ring (bicyclic) bond motifs is 2. The highest BCUT2D eigenvalue weighted by Gasteiger charge is 2.58. The molecule has 0 bridgehead atoms. The van der Waals surface area contributed by atoms with Crippen molar-refractivity contribution < 1.29 is 4.79 Å². The van der Waals surface area contributed by atoms with Gasteiger partial charge in [0, 0.05) is 6.54 Å². The molecule has 0 aliphatic carbocycles. The SMILES string of the molecule is NC1=N[C@H]2n3c(cc(Br)c3Br)C(=O)N3CCC[C@@]23N1. The molecule has 2 atom stereocenters. The Kier molecular flexibility index (Phi) is 2.20. The molecule has 1 spiro atoms. The van der Waals surface area contributed by atoms with Crippen molar-refractivity contribution in [2.24, 2.45) is 10.7 Å². The van der Waals surface area contributed by atoms with Crippen LogP contribution in [0.4, 0.5) is 0 Å². The summed E-state index contributed by atoms with van der Waals surface area (Å²) in [5.74, 6) is 0.423. The van der Waals surface area contributed by atoms with Gasteiger partial charge in [0.15, 0.2) is 17.8 Å². The molecule has 3 N–H and O–H groups in total. The highest BCUT2D eigenvalue weighted by atomic mass is 79.9.